The summed E-state index contributed by atoms with van der Waals surface area (Å²) in [5.74, 6) is 0.823. The smallest absolute Gasteiger partial charge is 0.0250 e. The quantitative estimate of drug-likeness (QED) is 0.755. The SMILES string of the molecule is CC(C)CCN(C1CC1)C1CCCC1N. The minimum Gasteiger partial charge on any atom is -0.326 e. The Bertz CT molecular complexity index is 199. The molecule has 2 rings (SSSR count). The molecule has 2 fully saturated rings. The minimum atomic E-state index is 0.456. The summed E-state index contributed by atoms with van der Waals surface area (Å²) in [5, 5.41) is 0. The minimum absolute atomic E-state index is 0.456. The van der Waals surface area contributed by atoms with Crippen LogP contribution in [0.1, 0.15) is 52.4 Å². The van der Waals surface area contributed by atoms with E-state index in [1.165, 1.54) is 45.1 Å². The topological polar surface area (TPSA) is 29.3 Å². The van der Waals surface area contributed by atoms with E-state index in [0.29, 0.717) is 12.1 Å². The lowest BCUT2D eigenvalue weighted by molar-refractivity contribution is 0.166. The van der Waals surface area contributed by atoms with Crippen molar-refractivity contribution in [3.05, 3.63) is 0 Å². The molecule has 15 heavy (non-hydrogen) atoms. The van der Waals surface area contributed by atoms with Crippen LogP contribution in [0.25, 0.3) is 0 Å². The fraction of sp³-hybridized carbons (Fsp3) is 1.00. The third-order valence-electron chi connectivity index (χ3n) is 3.94. The van der Waals surface area contributed by atoms with Gasteiger partial charge in [0.2, 0.25) is 0 Å². The van der Waals surface area contributed by atoms with Gasteiger partial charge in [0, 0.05) is 18.1 Å². The zero-order valence-corrected chi connectivity index (χ0v) is 10.3. The number of nitrogens with zero attached hydrogens (tertiary/aromatic N) is 1. The van der Waals surface area contributed by atoms with E-state index in [4.69, 9.17) is 5.73 Å². The summed E-state index contributed by atoms with van der Waals surface area (Å²) < 4.78 is 0. The van der Waals surface area contributed by atoms with Gasteiger partial charge in [-0.15, -0.1) is 0 Å². The van der Waals surface area contributed by atoms with E-state index in [-0.39, 0.29) is 0 Å². The first-order chi connectivity index (χ1) is 7.18. The van der Waals surface area contributed by atoms with E-state index in [1.807, 2.05) is 0 Å². The van der Waals surface area contributed by atoms with Gasteiger partial charge in [-0.25, -0.2) is 0 Å². The van der Waals surface area contributed by atoms with Crippen molar-refractivity contribution < 1.29 is 0 Å². The predicted octanol–water partition coefficient (Wildman–Crippen LogP) is 2.38. The highest BCUT2D eigenvalue weighted by atomic mass is 15.2. The van der Waals surface area contributed by atoms with E-state index >= 15 is 0 Å². The molecule has 0 heterocycles. The molecule has 2 aliphatic carbocycles. The van der Waals surface area contributed by atoms with Crippen LogP contribution in [-0.4, -0.2) is 29.6 Å². The molecular weight excluding hydrogens is 184 g/mol. The highest BCUT2D eigenvalue weighted by molar-refractivity contribution is 4.95. The summed E-state index contributed by atoms with van der Waals surface area (Å²) in [6, 6.07) is 2.05. The lowest BCUT2D eigenvalue weighted by atomic mass is 10.1. The van der Waals surface area contributed by atoms with Crippen molar-refractivity contribution in [2.45, 2.75) is 70.5 Å². The molecule has 0 aromatic heterocycles. The summed E-state index contributed by atoms with van der Waals surface area (Å²) >= 11 is 0. The highest BCUT2D eigenvalue weighted by Crippen LogP contribution is 2.34. The Kier molecular flexibility index (Phi) is 3.68. The van der Waals surface area contributed by atoms with Crippen molar-refractivity contribution in [1.82, 2.24) is 4.90 Å². The molecule has 2 nitrogen and oxygen atoms in total. The molecule has 88 valence electrons. The predicted molar refractivity (Wildman–Crippen MR) is 64.8 cm³/mol. The maximum atomic E-state index is 6.21. The van der Waals surface area contributed by atoms with Crippen LogP contribution in [0, 0.1) is 5.92 Å². The molecule has 2 saturated carbocycles. The Balaban J connectivity index is 1.87. The molecule has 0 bridgehead atoms. The molecule has 0 amide bonds. The van der Waals surface area contributed by atoms with Gasteiger partial charge in [0.05, 0.1) is 0 Å². The van der Waals surface area contributed by atoms with E-state index < -0.39 is 0 Å². The Hall–Kier alpha value is -0.0800. The zero-order valence-electron chi connectivity index (χ0n) is 10.3. The molecule has 0 aromatic rings. The van der Waals surface area contributed by atoms with Crippen molar-refractivity contribution in [3.8, 4) is 0 Å². The van der Waals surface area contributed by atoms with Gasteiger partial charge in [-0.1, -0.05) is 20.3 Å². The summed E-state index contributed by atoms with van der Waals surface area (Å²) in [7, 11) is 0. The van der Waals surface area contributed by atoms with Crippen LogP contribution in [0.3, 0.4) is 0 Å². The van der Waals surface area contributed by atoms with Gasteiger partial charge < -0.3 is 5.73 Å². The monoisotopic (exact) mass is 210 g/mol. The lowest BCUT2D eigenvalue weighted by Crippen LogP contribution is -2.46. The molecule has 0 saturated heterocycles. The fourth-order valence-corrected chi connectivity index (χ4v) is 2.81. The van der Waals surface area contributed by atoms with E-state index in [1.54, 1.807) is 0 Å². The van der Waals surface area contributed by atoms with Crippen molar-refractivity contribution in [1.29, 1.82) is 0 Å². The van der Waals surface area contributed by atoms with Crippen LogP contribution in [0.4, 0.5) is 0 Å². The summed E-state index contributed by atoms with van der Waals surface area (Å²) in [6.45, 7) is 5.92. The standard InChI is InChI=1S/C13H26N2/c1-10(2)8-9-15(11-6-7-11)13-5-3-4-12(13)14/h10-13H,3-9,14H2,1-2H3. The van der Waals surface area contributed by atoms with E-state index in [2.05, 4.69) is 18.7 Å². The molecule has 0 aromatic carbocycles. The maximum absolute atomic E-state index is 6.21. The number of rotatable bonds is 5. The molecule has 0 aliphatic heterocycles. The van der Waals surface area contributed by atoms with Crippen LogP contribution < -0.4 is 5.73 Å². The largest absolute Gasteiger partial charge is 0.326 e. The van der Waals surface area contributed by atoms with Crippen LogP contribution >= 0.6 is 0 Å². The van der Waals surface area contributed by atoms with Crippen LogP contribution in [0.5, 0.6) is 0 Å². The fourth-order valence-electron chi connectivity index (χ4n) is 2.81. The normalized spacial score (nSPS) is 31.8. The second-order valence-electron chi connectivity index (χ2n) is 5.81. The average molecular weight is 210 g/mol. The molecule has 0 spiro atoms. The summed E-state index contributed by atoms with van der Waals surface area (Å²) in [5.41, 5.74) is 6.21. The van der Waals surface area contributed by atoms with Crippen LogP contribution in [-0.2, 0) is 0 Å². The Labute approximate surface area is 94.2 Å². The summed E-state index contributed by atoms with van der Waals surface area (Å²) in [4.78, 5) is 2.73. The molecule has 2 unspecified atom stereocenters. The maximum Gasteiger partial charge on any atom is 0.0250 e. The Morgan fingerprint density at radius 1 is 1.20 bits per heavy atom. The van der Waals surface area contributed by atoms with Gasteiger partial charge in [-0.2, -0.15) is 0 Å². The number of hydrogen-bond acceptors (Lipinski definition) is 2. The van der Waals surface area contributed by atoms with Gasteiger partial charge in [0.15, 0.2) is 0 Å². The van der Waals surface area contributed by atoms with Crippen LogP contribution in [0.2, 0.25) is 0 Å². The first-order valence-corrected chi connectivity index (χ1v) is 6.70. The summed E-state index contributed by atoms with van der Waals surface area (Å²) in [6.07, 6.45) is 8.10. The van der Waals surface area contributed by atoms with Crippen molar-refractivity contribution in [2.75, 3.05) is 6.54 Å². The first kappa shape index (κ1) is 11.4. The van der Waals surface area contributed by atoms with Gasteiger partial charge in [0.25, 0.3) is 0 Å². The highest BCUT2D eigenvalue weighted by Gasteiger charge is 2.37. The molecule has 2 atom stereocenters. The van der Waals surface area contributed by atoms with Crippen molar-refractivity contribution in [2.24, 2.45) is 11.7 Å². The van der Waals surface area contributed by atoms with Crippen molar-refractivity contribution >= 4 is 0 Å². The van der Waals surface area contributed by atoms with Gasteiger partial charge in [0.1, 0.15) is 0 Å². The van der Waals surface area contributed by atoms with Gasteiger partial charge >= 0.3 is 0 Å². The van der Waals surface area contributed by atoms with E-state index in [9.17, 15) is 0 Å². The third-order valence-corrected chi connectivity index (χ3v) is 3.94. The lowest BCUT2D eigenvalue weighted by Gasteiger charge is -2.32. The second-order valence-corrected chi connectivity index (χ2v) is 5.81. The molecule has 2 N–H and O–H groups in total. The van der Waals surface area contributed by atoms with Gasteiger partial charge in [-0.05, 0) is 44.6 Å². The van der Waals surface area contributed by atoms with Crippen molar-refractivity contribution in [3.63, 3.8) is 0 Å². The van der Waals surface area contributed by atoms with Crippen LogP contribution in [0.15, 0.2) is 0 Å². The van der Waals surface area contributed by atoms with Gasteiger partial charge in [-0.3, -0.25) is 4.90 Å². The third kappa shape index (κ3) is 2.94. The molecular formula is C13H26N2. The Morgan fingerprint density at radius 3 is 2.40 bits per heavy atom. The first-order valence-electron chi connectivity index (χ1n) is 6.70. The average Bonchev–Trinajstić information content (AvgIpc) is 2.92. The zero-order chi connectivity index (χ0) is 10.8. The number of hydrogen-bond donors (Lipinski definition) is 1. The second kappa shape index (κ2) is 4.84. The molecule has 2 aliphatic rings. The molecule has 0 radical (unpaired) electrons. The number of nitrogens with two attached hydrogens (primary N) is 1. The van der Waals surface area contributed by atoms with E-state index in [0.717, 1.165) is 12.0 Å². The Morgan fingerprint density at radius 2 is 1.93 bits per heavy atom. The molecule has 2 heteroatoms.